The number of benzene rings is 1. The zero-order valence-corrected chi connectivity index (χ0v) is 12.0. The second-order valence-corrected chi connectivity index (χ2v) is 5.41. The summed E-state index contributed by atoms with van der Waals surface area (Å²) in [5.74, 6) is 0. The number of nitrogens with zero attached hydrogens (tertiary/aromatic N) is 3. The highest BCUT2D eigenvalue weighted by Crippen LogP contribution is 2.16. The van der Waals surface area contributed by atoms with Gasteiger partial charge >= 0.3 is 0 Å². The minimum atomic E-state index is -0.449. The molecule has 0 spiro atoms. The summed E-state index contributed by atoms with van der Waals surface area (Å²) in [6, 6.07) is 11.7. The highest BCUT2D eigenvalue weighted by atomic mass is 16.5. The number of rotatable bonds is 5. The Morgan fingerprint density at radius 3 is 2.90 bits per heavy atom. The average molecular weight is 287 g/mol. The van der Waals surface area contributed by atoms with Crippen molar-refractivity contribution in [2.24, 2.45) is 0 Å². The minimum Gasteiger partial charge on any atom is -0.387 e. The summed E-state index contributed by atoms with van der Waals surface area (Å²) in [7, 11) is 0. The van der Waals surface area contributed by atoms with E-state index in [1.165, 1.54) is 0 Å². The normalized spacial score (nSPS) is 21.3. The summed E-state index contributed by atoms with van der Waals surface area (Å²) in [4.78, 5) is 2.26. The van der Waals surface area contributed by atoms with Gasteiger partial charge in [-0.05, 0) is 11.6 Å². The number of hydrogen-bond acceptors (Lipinski definition) is 4. The quantitative estimate of drug-likeness (QED) is 0.901. The molecule has 21 heavy (non-hydrogen) atoms. The van der Waals surface area contributed by atoms with E-state index >= 15 is 0 Å². The first-order chi connectivity index (χ1) is 10.3. The molecule has 1 aliphatic heterocycles. The number of ether oxygens (including phenoxy) is 1. The van der Waals surface area contributed by atoms with Crippen molar-refractivity contribution in [3.8, 4) is 0 Å². The summed E-state index contributed by atoms with van der Waals surface area (Å²) < 4.78 is 7.68. The third-order valence-corrected chi connectivity index (χ3v) is 3.79. The van der Waals surface area contributed by atoms with E-state index in [0.717, 1.165) is 25.2 Å². The molecule has 1 aromatic heterocycles. The molecular weight excluding hydrogens is 266 g/mol. The Hall–Kier alpha value is -1.69. The molecule has 1 aliphatic rings. The van der Waals surface area contributed by atoms with Crippen molar-refractivity contribution in [3.05, 3.63) is 54.4 Å². The molecular formula is C16H21N3O2. The smallest absolute Gasteiger partial charge is 0.0916 e. The second-order valence-electron chi connectivity index (χ2n) is 5.41. The lowest BCUT2D eigenvalue weighted by Crippen LogP contribution is -2.45. The van der Waals surface area contributed by atoms with E-state index in [0.29, 0.717) is 13.2 Å². The SMILES string of the molecule is O[C@H](CN1CCO[C@@H](Cn2cccn2)C1)c1ccccc1. The van der Waals surface area contributed by atoms with E-state index in [-0.39, 0.29) is 6.10 Å². The van der Waals surface area contributed by atoms with Gasteiger partial charge in [-0.25, -0.2) is 0 Å². The first-order valence-corrected chi connectivity index (χ1v) is 7.35. The summed E-state index contributed by atoms with van der Waals surface area (Å²) in [5.41, 5.74) is 0.965. The Morgan fingerprint density at radius 2 is 2.14 bits per heavy atom. The fourth-order valence-corrected chi connectivity index (χ4v) is 2.70. The predicted octanol–water partition coefficient (Wildman–Crippen LogP) is 1.32. The van der Waals surface area contributed by atoms with Crippen LogP contribution in [0, 0.1) is 0 Å². The van der Waals surface area contributed by atoms with Crippen LogP contribution in [-0.2, 0) is 11.3 Å². The van der Waals surface area contributed by atoms with Gasteiger partial charge in [0.15, 0.2) is 0 Å². The maximum absolute atomic E-state index is 10.3. The molecule has 0 radical (unpaired) electrons. The minimum absolute atomic E-state index is 0.127. The van der Waals surface area contributed by atoms with Crippen LogP contribution < -0.4 is 0 Å². The molecule has 112 valence electrons. The maximum Gasteiger partial charge on any atom is 0.0916 e. The summed E-state index contributed by atoms with van der Waals surface area (Å²) in [5, 5.41) is 14.5. The van der Waals surface area contributed by atoms with Crippen molar-refractivity contribution in [3.63, 3.8) is 0 Å². The van der Waals surface area contributed by atoms with Crippen molar-refractivity contribution in [2.45, 2.75) is 18.8 Å². The van der Waals surface area contributed by atoms with E-state index in [2.05, 4.69) is 10.00 Å². The molecule has 1 aromatic carbocycles. The van der Waals surface area contributed by atoms with E-state index in [9.17, 15) is 5.11 Å². The summed E-state index contributed by atoms with van der Waals surface area (Å²) >= 11 is 0. The van der Waals surface area contributed by atoms with Crippen molar-refractivity contribution < 1.29 is 9.84 Å². The zero-order valence-electron chi connectivity index (χ0n) is 12.0. The van der Waals surface area contributed by atoms with Crippen LogP contribution in [0.5, 0.6) is 0 Å². The van der Waals surface area contributed by atoms with Gasteiger partial charge in [0, 0.05) is 32.0 Å². The van der Waals surface area contributed by atoms with Crippen LogP contribution in [-0.4, -0.2) is 52.1 Å². The van der Waals surface area contributed by atoms with Gasteiger partial charge < -0.3 is 9.84 Å². The maximum atomic E-state index is 10.3. The molecule has 3 rings (SSSR count). The fourth-order valence-electron chi connectivity index (χ4n) is 2.70. The summed E-state index contributed by atoms with van der Waals surface area (Å²) in [6.45, 7) is 3.78. The van der Waals surface area contributed by atoms with Crippen LogP contribution in [0.1, 0.15) is 11.7 Å². The molecule has 0 amide bonds. The molecule has 0 unspecified atom stereocenters. The largest absolute Gasteiger partial charge is 0.387 e. The zero-order chi connectivity index (χ0) is 14.5. The lowest BCUT2D eigenvalue weighted by atomic mass is 10.1. The van der Waals surface area contributed by atoms with Crippen LogP contribution in [0.15, 0.2) is 48.8 Å². The van der Waals surface area contributed by atoms with Crippen LogP contribution >= 0.6 is 0 Å². The van der Waals surface area contributed by atoms with Crippen molar-refractivity contribution in [2.75, 3.05) is 26.2 Å². The Balaban J connectivity index is 1.54. The molecule has 0 bridgehead atoms. The molecule has 1 saturated heterocycles. The van der Waals surface area contributed by atoms with E-state index in [1.54, 1.807) is 6.20 Å². The van der Waals surface area contributed by atoms with Gasteiger partial charge in [0.25, 0.3) is 0 Å². The molecule has 2 aromatic rings. The molecule has 2 heterocycles. The van der Waals surface area contributed by atoms with Crippen LogP contribution in [0.25, 0.3) is 0 Å². The average Bonchev–Trinajstić information content (AvgIpc) is 3.01. The van der Waals surface area contributed by atoms with Gasteiger partial charge in [-0.15, -0.1) is 0 Å². The molecule has 1 N–H and O–H groups in total. The van der Waals surface area contributed by atoms with Gasteiger partial charge in [-0.1, -0.05) is 30.3 Å². The second kappa shape index (κ2) is 6.85. The summed E-state index contributed by atoms with van der Waals surface area (Å²) in [6.07, 6.45) is 3.40. The highest BCUT2D eigenvalue weighted by Gasteiger charge is 2.23. The van der Waals surface area contributed by atoms with Crippen molar-refractivity contribution in [1.82, 2.24) is 14.7 Å². The van der Waals surface area contributed by atoms with Gasteiger partial charge in [-0.2, -0.15) is 5.10 Å². The van der Waals surface area contributed by atoms with Crippen LogP contribution in [0.4, 0.5) is 0 Å². The lowest BCUT2D eigenvalue weighted by Gasteiger charge is -2.34. The van der Waals surface area contributed by atoms with Gasteiger partial charge in [0.2, 0.25) is 0 Å². The number of aliphatic hydroxyl groups excluding tert-OH is 1. The van der Waals surface area contributed by atoms with E-state index in [4.69, 9.17) is 4.74 Å². The fraction of sp³-hybridized carbons (Fsp3) is 0.438. The number of hydrogen-bond donors (Lipinski definition) is 1. The Kier molecular flexibility index (Phi) is 4.65. The molecule has 2 atom stereocenters. The molecule has 0 saturated carbocycles. The number of aliphatic hydroxyl groups is 1. The Bertz CT molecular complexity index is 530. The van der Waals surface area contributed by atoms with E-state index in [1.807, 2.05) is 47.3 Å². The number of β-amino-alcohol motifs (C(OH)–C–C–N with tert-alkyl or cyclic N) is 1. The monoisotopic (exact) mass is 287 g/mol. The van der Waals surface area contributed by atoms with Crippen molar-refractivity contribution in [1.29, 1.82) is 0 Å². The predicted molar refractivity (Wildman–Crippen MR) is 79.8 cm³/mol. The molecule has 5 heteroatoms. The molecule has 5 nitrogen and oxygen atoms in total. The lowest BCUT2D eigenvalue weighted by molar-refractivity contribution is -0.0486. The first kappa shape index (κ1) is 14.3. The van der Waals surface area contributed by atoms with Gasteiger partial charge in [-0.3, -0.25) is 9.58 Å². The van der Waals surface area contributed by atoms with Crippen molar-refractivity contribution >= 4 is 0 Å². The standard InChI is InChI=1S/C16H21N3O2/c20-16(14-5-2-1-3-6-14)13-18-9-10-21-15(11-18)12-19-8-4-7-17-19/h1-8,15-16,20H,9-13H2/t15-,16-/m1/s1. The Morgan fingerprint density at radius 1 is 1.29 bits per heavy atom. The topological polar surface area (TPSA) is 50.5 Å². The van der Waals surface area contributed by atoms with Crippen LogP contribution in [0.2, 0.25) is 0 Å². The highest BCUT2D eigenvalue weighted by molar-refractivity contribution is 5.17. The Labute approximate surface area is 124 Å². The number of aromatic nitrogens is 2. The van der Waals surface area contributed by atoms with Gasteiger partial charge in [0.05, 0.1) is 25.4 Å². The number of morpholine rings is 1. The third kappa shape index (κ3) is 3.91. The van der Waals surface area contributed by atoms with E-state index < -0.39 is 6.10 Å². The third-order valence-electron chi connectivity index (χ3n) is 3.79. The van der Waals surface area contributed by atoms with Gasteiger partial charge in [0.1, 0.15) is 0 Å². The molecule has 0 aliphatic carbocycles. The van der Waals surface area contributed by atoms with Crippen LogP contribution in [0.3, 0.4) is 0 Å². The molecule has 1 fully saturated rings. The first-order valence-electron chi connectivity index (χ1n) is 7.35.